The zero-order valence-electron chi connectivity index (χ0n) is 9.79. The molecule has 4 nitrogen and oxygen atoms in total. The normalized spacial score (nSPS) is 31.0. The molecule has 4 heteroatoms. The van der Waals surface area contributed by atoms with Crippen LogP contribution in [0.3, 0.4) is 0 Å². The summed E-state index contributed by atoms with van der Waals surface area (Å²) < 4.78 is 10.6. The van der Waals surface area contributed by atoms with Gasteiger partial charge in [0, 0.05) is 12.6 Å². The minimum absolute atomic E-state index is 0.105. The molecule has 2 atom stereocenters. The molecule has 1 fully saturated rings. The van der Waals surface area contributed by atoms with Crippen LogP contribution in [0.1, 0.15) is 26.2 Å². The van der Waals surface area contributed by atoms with E-state index in [1.165, 1.54) is 0 Å². The van der Waals surface area contributed by atoms with E-state index in [-0.39, 0.29) is 18.2 Å². The molecule has 15 heavy (non-hydrogen) atoms. The van der Waals surface area contributed by atoms with E-state index in [1.54, 1.807) is 7.11 Å². The van der Waals surface area contributed by atoms with Crippen molar-refractivity contribution in [2.24, 2.45) is 0 Å². The van der Waals surface area contributed by atoms with Gasteiger partial charge in [0.25, 0.3) is 0 Å². The molecule has 0 aromatic heterocycles. The minimum atomic E-state index is -0.105. The Morgan fingerprint density at radius 1 is 1.47 bits per heavy atom. The van der Waals surface area contributed by atoms with Gasteiger partial charge < -0.3 is 19.9 Å². The monoisotopic (exact) mass is 217 g/mol. The van der Waals surface area contributed by atoms with Gasteiger partial charge in [0.05, 0.1) is 25.9 Å². The number of nitrogens with one attached hydrogen (secondary N) is 1. The SMILES string of the molecule is CCNC1(CO)CCC(OCCOC)C1. The first kappa shape index (κ1) is 12.9. The Labute approximate surface area is 92.0 Å². The van der Waals surface area contributed by atoms with Crippen LogP contribution >= 0.6 is 0 Å². The van der Waals surface area contributed by atoms with Crippen molar-refractivity contribution in [2.75, 3.05) is 33.5 Å². The second kappa shape index (κ2) is 6.43. The van der Waals surface area contributed by atoms with E-state index < -0.39 is 0 Å². The highest BCUT2D eigenvalue weighted by molar-refractivity contribution is 4.96. The lowest BCUT2D eigenvalue weighted by atomic mass is 9.99. The van der Waals surface area contributed by atoms with Gasteiger partial charge in [0.15, 0.2) is 0 Å². The molecule has 0 spiro atoms. The Morgan fingerprint density at radius 3 is 2.87 bits per heavy atom. The fourth-order valence-electron chi connectivity index (χ4n) is 2.25. The Balaban J connectivity index is 2.29. The van der Waals surface area contributed by atoms with Crippen molar-refractivity contribution in [2.45, 2.75) is 37.8 Å². The maximum Gasteiger partial charge on any atom is 0.0704 e. The van der Waals surface area contributed by atoms with Crippen molar-refractivity contribution < 1.29 is 14.6 Å². The van der Waals surface area contributed by atoms with E-state index >= 15 is 0 Å². The highest BCUT2D eigenvalue weighted by Crippen LogP contribution is 2.31. The number of aliphatic hydroxyl groups is 1. The first-order chi connectivity index (χ1) is 7.26. The highest BCUT2D eigenvalue weighted by Gasteiger charge is 2.38. The Morgan fingerprint density at radius 2 is 2.27 bits per heavy atom. The van der Waals surface area contributed by atoms with Gasteiger partial charge in [0.1, 0.15) is 0 Å². The van der Waals surface area contributed by atoms with E-state index in [2.05, 4.69) is 12.2 Å². The Hall–Kier alpha value is -0.160. The van der Waals surface area contributed by atoms with Crippen LogP contribution in [-0.2, 0) is 9.47 Å². The van der Waals surface area contributed by atoms with Crippen LogP contribution in [0.15, 0.2) is 0 Å². The molecule has 2 unspecified atom stereocenters. The molecule has 0 amide bonds. The van der Waals surface area contributed by atoms with Crippen molar-refractivity contribution in [1.29, 1.82) is 0 Å². The van der Waals surface area contributed by atoms with Gasteiger partial charge in [-0.1, -0.05) is 6.92 Å². The average molecular weight is 217 g/mol. The molecule has 0 radical (unpaired) electrons. The van der Waals surface area contributed by atoms with Crippen LogP contribution in [0.4, 0.5) is 0 Å². The van der Waals surface area contributed by atoms with Gasteiger partial charge in [-0.15, -0.1) is 0 Å². The lowest BCUT2D eigenvalue weighted by Gasteiger charge is -2.27. The van der Waals surface area contributed by atoms with Crippen molar-refractivity contribution in [3.8, 4) is 0 Å². The summed E-state index contributed by atoms with van der Waals surface area (Å²) in [5.41, 5.74) is -0.105. The molecule has 1 saturated carbocycles. The van der Waals surface area contributed by atoms with Gasteiger partial charge in [-0.05, 0) is 25.8 Å². The van der Waals surface area contributed by atoms with E-state index in [1.807, 2.05) is 0 Å². The standard InChI is InChI=1S/C11H23NO3/c1-3-12-11(9-13)5-4-10(8-11)15-7-6-14-2/h10,12-13H,3-9H2,1-2H3. The summed E-state index contributed by atoms with van der Waals surface area (Å²) in [7, 11) is 1.68. The molecule has 1 aliphatic carbocycles. The van der Waals surface area contributed by atoms with Crippen LogP contribution in [-0.4, -0.2) is 50.2 Å². The molecule has 0 heterocycles. The number of aliphatic hydroxyl groups excluding tert-OH is 1. The number of likely N-dealkylation sites (N-methyl/N-ethyl adjacent to an activating group) is 1. The third kappa shape index (κ3) is 3.72. The van der Waals surface area contributed by atoms with E-state index in [4.69, 9.17) is 9.47 Å². The molecular formula is C11H23NO3. The largest absolute Gasteiger partial charge is 0.394 e. The van der Waals surface area contributed by atoms with Crippen molar-refractivity contribution in [1.82, 2.24) is 5.32 Å². The summed E-state index contributed by atoms with van der Waals surface area (Å²) in [6.07, 6.45) is 3.19. The van der Waals surface area contributed by atoms with E-state index in [0.717, 1.165) is 25.8 Å². The number of hydrogen-bond donors (Lipinski definition) is 2. The number of methoxy groups -OCH3 is 1. The molecule has 2 N–H and O–H groups in total. The van der Waals surface area contributed by atoms with Crippen molar-refractivity contribution in [3.05, 3.63) is 0 Å². The van der Waals surface area contributed by atoms with Gasteiger partial charge in [-0.2, -0.15) is 0 Å². The van der Waals surface area contributed by atoms with Gasteiger partial charge in [0.2, 0.25) is 0 Å². The molecule has 0 bridgehead atoms. The first-order valence-electron chi connectivity index (χ1n) is 5.73. The zero-order chi connectivity index (χ0) is 11.1. The highest BCUT2D eigenvalue weighted by atomic mass is 16.5. The second-order valence-electron chi connectivity index (χ2n) is 4.20. The molecule has 90 valence electrons. The maximum absolute atomic E-state index is 9.39. The van der Waals surface area contributed by atoms with E-state index in [0.29, 0.717) is 13.2 Å². The molecule has 0 aromatic carbocycles. The summed E-state index contributed by atoms with van der Waals surface area (Å²) in [6.45, 7) is 4.45. The number of hydrogen-bond acceptors (Lipinski definition) is 4. The lowest BCUT2D eigenvalue weighted by Crippen LogP contribution is -2.46. The van der Waals surface area contributed by atoms with Crippen LogP contribution in [0, 0.1) is 0 Å². The zero-order valence-corrected chi connectivity index (χ0v) is 9.79. The summed E-state index contributed by atoms with van der Waals surface area (Å²) in [5, 5.41) is 12.8. The fourth-order valence-corrected chi connectivity index (χ4v) is 2.25. The maximum atomic E-state index is 9.39. The van der Waals surface area contributed by atoms with Crippen molar-refractivity contribution in [3.63, 3.8) is 0 Å². The molecular weight excluding hydrogens is 194 g/mol. The predicted octanol–water partition coefficient (Wildman–Crippen LogP) is 0.542. The molecule has 0 aliphatic heterocycles. The smallest absolute Gasteiger partial charge is 0.0704 e. The summed E-state index contributed by atoms with van der Waals surface area (Å²) >= 11 is 0. The van der Waals surface area contributed by atoms with Crippen LogP contribution < -0.4 is 5.32 Å². The van der Waals surface area contributed by atoms with Crippen LogP contribution in [0.2, 0.25) is 0 Å². The Bertz CT molecular complexity index is 175. The topological polar surface area (TPSA) is 50.7 Å². The summed E-state index contributed by atoms with van der Waals surface area (Å²) in [6, 6.07) is 0. The quantitative estimate of drug-likeness (QED) is 0.611. The number of ether oxygens (including phenoxy) is 2. The first-order valence-corrected chi connectivity index (χ1v) is 5.73. The molecule has 1 aliphatic rings. The number of rotatable bonds is 7. The Kier molecular flexibility index (Phi) is 5.53. The molecule has 0 saturated heterocycles. The van der Waals surface area contributed by atoms with E-state index in [9.17, 15) is 5.11 Å². The predicted molar refractivity (Wildman–Crippen MR) is 59.0 cm³/mol. The summed E-state index contributed by atoms with van der Waals surface area (Å²) in [5.74, 6) is 0. The lowest BCUT2D eigenvalue weighted by molar-refractivity contribution is 0.0145. The fraction of sp³-hybridized carbons (Fsp3) is 1.00. The minimum Gasteiger partial charge on any atom is -0.394 e. The average Bonchev–Trinajstić information content (AvgIpc) is 2.64. The molecule has 1 rings (SSSR count). The third-order valence-electron chi connectivity index (χ3n) is 3.06. The van der Waals surface area contributed by atoms with Gasteiger partial charge in [-0.25, -0.2) is 0 Å². The van der Waals surface area contributed by atoms with Crippen molar-refractivity contribution >= 4 is 0 Å². The molecule has 0 aromatic rings. The second-order valence-corrected chi connectivity index (χ2v) is 4.20. The van der Waals surface area contributed by atoms with Crippen LogP contribution in [0.25, 0.3) is 0 Å². The third-order valence-corrected chi connectivity index (χ3v) is 3.06. The van der Waals surface area contributed by atoms with Gasteiger partial charge >= 0.3 is 0 Å². The van der Waals surface area contributed by atoms with Crippen LogP contribution in [0.5, 0.6) is 0 Å². The van der Waals surface area contributed by atoms with Gasteiger partial charge in [-0.3, -0.25) is 0 Å². The summed E-state index contributed by atoms with van der Waals surface area (Å²) in [4.78, 5) is 0.